The molecule has 2 unspecified atom stereocenters. The number of nitrogens with zero attached hydrogens (tertiary/aromatic N) is 1. The summed E-state index contributed by atoms with van der Waals surface area (Å²) < 4.78 is 0. The molecule has 1 aliphatic rings. The zero-order chi connectivity index (χ0) is 14.0. The van der Waals surface area contributed by atoms with Gasteiger partial charge in [-0.1, -0.05) is 48.6 Å². The van der Waals surface area contributed by atoms with Crippen LogP contribution in [0.3, 0.4) is 0 Å². The highest BCUT2D eigenvalue weighted by molar-refractivity contribution is 5.64. The van der Waals surface area contributed by atoms with Gasteiger partial charge in [0.1, 0.15) is 0 Å². The molecule has 0 amide bonds. The molecular formula is C17H17N3. The molecule has 3 rings (SSSR count). The standard InChI is InChI=1S/C17H17N3/c18-16-8-1-2-9-17(16,19)15-7-3-5-13(11-15)14-6-4-10-20-12-14/h1-12,16H,18-19H2. The SMILES string of the molecule is NC1C=CC=CC1(N)c1cccc(-c2cccnc2)c1. The predicted molar refractivity (Wildman–Crippen MR) is 81.8 cm³/mol. The van der Waals surface area contributed by atoms with Gasteiger partial charge >= 0.3 is 0 Å². The van der Waals surface area contributed by atoms with Crippen LogP contribution in [0.4, 0.5) is 0 Å². The van der Waals surface area contributed by atoms with Crippen molar-refractivity contribution in [3.63, 3.8) is 0 Å². The second-order valence-corrected chi connectivity index (χ2v) is 5.03. The van der Waals surface area contributed by atoms with E-state index in [4.69, 9.17) is 11.5 Å². The second-order valence-electron chi connectivity index (χ2n) is 5.03. The number of pyridine rings is 1. The van der Waals surface area contributed by atoms with Crippen molar-refractivity contribution in [3.8, 4) is 11.1 Å². The van der Waals surface area contributed by atoms with Gasteiger partial charge in [-0.15, -0.1) is 0 Å². The number of rotatable bonds is 2. The van der Waals surface area contributed by atoms with Gasteiger partial charge in [0.2, 0.25) is 0 Å². The van der Waals surface area contributed by atoms with Gasteiger partial charge in [-0.05, 0) is 28.8 Å². The highest BCUT2D eigenvalue weighted by atomic mass is 14.8. The molecule has 3 nitrogen and oxygen atoms in total. The first kappa shape index (κ1) is 12.8. The van der Waals surface area contributed by atoms with Gasteiger partial charge in [0.05, 0.1) is 5.54 Å². The molecule has 0 saturated carbocycles. The average molecular weight is 263 g/mol. The van der Waals surface area contributed by atoms with E-state index in [1.165, 1.54) is 0 Å². The van der Waals surface area contributed by atoms with Crippen LogP contribution in [0, 0.1) is 0 Å². The summed E-state index contributed by atoms with van der Waals surface area (Å²) in [4.78, 5) is 4.15. The fourth-order valence-electron chi connectivity index (χ4n) is 2.46. The third-order valence-corrected chi connectivity index (χ3v) is 3.71. The van der Waals surface area contributed by atoms with Crippen molar-refractivity contribution < 1.29 is 0 Å². The highest BCUT2D eigenvalue weighted by Gasteiger charge is 2.31. The Bertz CT molecular complexity index is 661. The molecule has 0 bridgehead atoms. The van der Waals surface area contributed by atoms with Crippen molar-refractivity contribution in [1.82, 2.24) is 4.98 Å². The zero-order valence-corrected chi connectivity index (χ0v) is 11.1. The largest absolute Gasteiger partial charge is 0.322 e. The summed E-state index contributed by atoms with van der Waals surface area (Å²) in [7, 11) is 0. The van der Waals surface area contributed by atoms with Crippen LogP contribution in [0.1, 0.15) is 5.56 Å². The molecular weight excluding hydrogens is 246 g/mol. The topological polar surface area (TPSA) is 64.9 Å². The van der Waals surface area contributed by atoms with Crippen molar-refractivity contribution in [2.75, 3.05) is 0 Å². The van der Waals surface area contributed by atoms with Crippen LogP contribution in [0.15, 0.2) is 73.1 Å². The van der Waals surface area contributed by atoms with E-state index in [9.17, 15) is 0 Å². The molecule has 3 heteroatoms. The average Bonchev–Trinajstić information content (AvgIpc) is 2.51. The summed E-state index contributed by atoms with van der Waals surface area (Å²) in [6, 6.07) is 11.9. The Labute approximate surface area is 118 Å². The lowest BCUT2D eigenvalue weighted by Crippen LogP contribution is -2.50. The summed E-state index contributed by atoms with van der Waals surface area (Å²) >= 11 is 0. The number of hydrogen-bond donors (Lipinski definition) is 2. The summed E-state index contributed by atoms with van der Waals surface area (Å²) in [5.74, 6) is 0. The van der Waals surface area contributed by atoms with Crippen molar-refractivity contribution in [1.29, 1.82) is 0 Å². The smallest absolute Gasteiger partial charge is 0.0788 e. The first-order chi connectivity index (χ1) is 9.70. The number of benzene rings is 1. The van der Waals surface area contributed by atoms with Crippen LogP contribution in [-0.4, -0.2) is 11.0 Å². The molecule has 0 fully saturated rings. The lowest BCUT2D eigenvalue weighted by Gasteiger charge is -2.33. The van der Waals surface area contributed by atoms with Crippen molar-refractivity contribution in [3.05, 3.63) is 78.7 Å². The Morgan fingerprint density at radius 1 is 1.05 bits per heavy atom. The van der Waals surface area contributed by atoms with Gasteiger partial charge in [0.25, 0.3) is 0 Å². The third-order valence-electron chi connectivity index (χ3n) is 3.71. The van der Waals surface area contributed by atoms with Crippen molar-refractivity contribution in [2.24, 2.45) is 11.5 Å². The molecule has 20 heavy (non-hydrogen) atoms. The van der Waals surface area contributed by atoms with Gasteiger partial charge in [0.15, 0.2) is 0 Å². The van der Waals surface area contributed by atoms with Gasteiger partial charge in [-0.2, -0.15) is 0 Å². The van der Waals surface area contributed by atoms with E-state index >= 15 is 0 Å². The van der Waals surface area contributed by atoms with E-state index in [0.717, 1.165) is 16.7 Å². The van der Waals surface area contributed by atoms with E-state index < -0.39 is 5.54 Å². The molecule has 0 saturated heterocycles. The molecule has 1 aromatic carbocycles. The number of nitrogens with two attached hydrogens (primary N) is 2. The summed E-state index contributed by atoms with van der Waals surface area (Å²) in [5, 5.41) is 0. The maximum absolute atomic E-state index is 6.49. The van der Waals surface area contributed by atoms with Gasteiger partial charge < -0.3 is 11.5 Å². The molecule has 4 N–H and O–H groups in total. The fourth-order valence-corrected chi connectivity index (χ4v) is 2.46. The molecule has 0 radical (unpaired) electrons. The van der Waals surface area contributed by atoms with Crippen LogP contribution in [-0.2, 0) is 5.54 Å². The Hall–Kier alpha value is -2.23. The number of hydrogen-bond acceptors (Lipinski definition) is 3. The monoisotopic (exact) mass is 263 g/mol. The second kappa shape index (κ2) is 5.04. The quantitative estimate of drug-likeness (QED) is 0.874. The molecule has 2 aromatic rings. The lowest BCUT2D eigenvalue weighted by atomic mass is 9.80. The molecule has 0 spiro atoms. The maximum Gasteiger partial charge on any atom is 0.0788 e. The Kier molecular flexibility index (Phi) is 3.22. The van der Waals surface area contributed by atoms with Crippen LogP contribution in [0.25, 0.3) is 11.1 Å². The Balaban J connectivity index is 2.04. The Morgan fingerprint density at radius 2 is 1.90 bits per heavy atom. The van der Waals surface area contributed by atoms with Gasteiger partial charge in [0, 0.05) is 18.4 Å². The molecule has 1 heterocycles. The summed E-state index contributed by atoms with van der Waals surface area (Å²) in [6.45, 7) is 0. The maximum atomic E-state index is 6.49. The number of aromatic nitrogens is 1. The molecule has 1 aliphatic carbocycles. The van der Waals surface area contributed by atoms with E-state index in [2.05, 4.69) is 17.1 Å². The molecule has 0 aliphatic heterocycles. The van der Waals surface area contributed by atoms with Crippen LogP contribution >= 0.6 is 0 Å². The zero-order valence-electron chi connectivity index (χ0n) is 11.1. The minimum absolute atomic E-state index is 0.225. The molecule has 100 valence electrons. The Morgan fingerprint density at radius 3 is 2.65 bits per heavy atom. The van der Waals surface area contributed by atoms with Crippen LogP contribution in [0.2, 0.25) is 0 Å². The molecule has 2 atom stereocenters. The minimum Gasteiger partial charge on any atom is -0.322 e. The van der Waals surface area contributed by atoms with E-state index in [0.29, 0.717) is 0 Å². The third kappa shape index (κ3) is 2.18. The van der Waals surface area contributed by atoms with Crippen molar-refractivity contribution >= 4 is 0 Å². The summed E-state index contributed by atoms with van der Waals surface area (Å²) in [6.07, 6.45) is 11.4. The predicted octanol–water partition coefficient (Wildman–Crippen LogP) is 2.36. The lowest BCUT2D eigenvalue weighted by molar-refractivity contribution is 0.492. The van der Waals surface area contributed by atoms with Crippen LogP contribution in [0.5, 0.6) is 0 Å². The van der Waals surface area contributed by atoms with E-state index in [-0.39, 0.29) is 6.04 Å². The normalized spacial score (nSPS) is 24.8. The first-order valence-electron chi connectivity index (χ1n) is 6.61. The van der Waals surface area contributed by atoms with Crippen LogP contribution < -0.4 is 11.5 Å². The van der Waals surface area contributed by atoms with E-state index in [1.54, 1.807) is 6.20 Å². The van der Waals surface area contributed by atoms with Gasteiger partial charge in [-0.3, -0.25) is 4.98 Å². The number of allylic oxidation sites excluding steroid dienone is 2. The molecule has 1 aromatic heterocycles. The van der Waals surface area contributed by atoms with Gasteiger partial charge in [-0.25, -0.2) is 0 Å². The minimum atomic E-state index is -0.660. The van der Waals surface area contributed by atoms with E-state index in [1.807, 2.05) is 54.8 Å². The first-order valence-corrected chi connectivity index (χ1v) is 6.61. The fraction of sp³-hybridized carbons (Fsp3) is 0.118. The van der Waals surface area contributed by atoms with Crippen molar-refractivity contribution in [2.45, 2.75) is 11.6 Å². The highest BCUT2D eigenvalue weighted by Crippen LogP contribution is 2.29. The summed E-state index contributed by atoms with van der Waals surface area (Å²) in [5.41, 5.74) is 15.2.